The average molecular weight is 616 g/mol. The molecule has 0 amide bonds. The van der Waals surface area contributed by atoms with E-state index in [1.54, 1.807) is 6.92 Å². The summed E-state index contributed by atoms with van der Waals surface area (Å²) in [6.07, 6.45) is -1.66. The highest BCUT2D eigenvalue weighted by molar-refractivity contribution is 6.03. The first-order chi connectivity index (χ1) is 20.7. The normalized spacial score (nSPS) is 24.2. The van der Waals surface area contributed by atoms with Crippen molar-refractivity contribution < 1.29 is 31.4 Å². The number of nitrogen functional groups attached to an aromatic ring is 1. The van der Waals surface area contributed by atoms with E-state index in [0.29, 0.717) is 18.4 Å². The lowest BCUT2D eigenvalue weighted by Crippen LogP contribution is -2.66. The number of rotatable bonds is 3. The molecule has 1 aromatic carbocycles. The zero-order valence-electron chi connectivity index (χ0n) is 23.6. The van der Waals surface area contributed by atoms with Crippen LogP contribution < -0.4 is 31.0 Å². The van der Waals surface area contributed by atoms with Gasteiger partial charge >= 0.3 is 6.36 Å². The van der Waals surface area contributed by atoms with Crippen LogP contribution in [-0.2, 0) is 0 Å². The van der Waals surface area contributed by atoms with Crippen molar-refractivity contribution in [3.63, 3.8) is 0 Å². The molecule has 0 saturated carbocycles. The van der Waals surface area contributed by atoms with Crippen molar-refractivity contribution in [1.29, 1.82) is 0 Å². The molecular weight excluding hydrogens is 589 g/mol. The Morgan fingerprint density at radius 1 is 1.16 bits per heavy atom. The van der Waals surface area contributed by atoms with Gasteiger partial charge in [0.2, 0.25) is 5.88 Å². The Bertz CT molecular complexity index is 1920. The van der Waals surface area contributed by atoms with E-state index in [9.17, 15) is 22.4 Å². The van der Waals surface area contributed by atoms with Crippen molar-refractivity contribution in [3.8, 4) is 34.3 Å². The van der Waals surface area contributed by atoms with Crippen LogP contribution in [0.5, 0.6) is 11.6 Å². The van der Waals surface area contributed by atoms with Crippen LogP contribution >= 0.6 is 0 Å². The summed E-state index contributed by atoms with van der Waals surface area (Å²) in [4.78, 5) is 30.2. The van der Waals surface area contributed by atoms with Crippen molar-refractivity contribution in [2.75, 3.05) is 17.2 Å². The monoisotopic (exact) mass is 615 g/mol. The molecule has 3 aliphatic heterocycles. The standard InChI is InChI=1S/C29H26F5N7O3/c1-11-19-20-26(38-22(11)17-8-36-9-18(42)37-17)41-10-28(3)5-4-16(40-28)24(41)12(2)43-27(20)39-23(21(19)31)14-6-13(35)7-15(30)25(14)44-29(32,33)34/h6-9,12,16,24,40H,4-5,10,35H2,1-3H3,(H,37,42)/t12-,16-,24+,28+/m0/s1. The van der Waals surface area contributed by atoms with Crippen LogP contribution in [0.4, 0.5) is 33.5 Å². The second-order valence-corrected chi connectivity index (χ2v) is 11.8. The zero-order valence-corrected chi connectivity index (χ0v) is 23.6. The van der Waals surface area contributed by atoms with Crippen LogP contribution in [0.25, 0.3) is 33.4 Å². The molecule has 2 bridgehead atoms. The Morgan fingerprint density at radius 2 is 1.93 bits per heavy atom. The Kier molecular flexibility index (Phi) is 6.09. The SMILES string of the molecule is Cc1c(-c2cncc(=O)[nH]2)nc2c3c(nc(-c4cc(N)cc(F)c4OC(F)(F)F)c(F)c13)O[C@@H](C)[C@@H]1[C@@H]3CC[C@](C)(CN21)N3. The number of nitrogens with one attached hydrogen (secondary N) is 2. The summed E-state index contributed by atoms with van der Waals surface area (Å²) >= 11 is 0. The first-order valence-corrected chi connectivity index (χ1v) is 13.9. The second-order valence-electron chi connectivity index (χ2n) is 11.8. The van der Waals surface area contributed by atoms with E-state index in [1.165, 1.54) is 6.20 Å². The molecule has 3 aliphatic rings. The summed E-state index contributed by atoms with van der Waals surface area (Å²) in [6.45, 7) is 5.95. The fourth-order valence-corrected chi connectivity index (χ4v) is 6.89. The van der Waals surface area contributed by atoms with Gasteiger partial charge in [-0.15, -0.1) is 13.2 Å². The van der Waals surface area contributed by atoms with E-state index < -0.39 is 46.7 Å². The van der Waals surface area contributed by atoms with Crippen molar-refractivity contribution >= 4 is 22.3 Å². The number of aromatic amines is 1. The number of halogens is 5. The van der Waals surface area contributed by atoms with E-state index in [1.807, 2.05) is 11.8 Å². The quantitative estimate of drug-likeness (QED) is 0.224. The van der Waals surface area contributed by atoms with Gasteiger partial charge in [0.05, 0.1) is 40.8 Å². The number of ether oxygens (including phenoxy) is 2. The molecule has 230 valence electrons. The Labute approximate surface area is 246 Å². The molecule has 4 atom stereocenters. The van der Waals surface area contributed by atoms with Crippen molar-refractivity contribution in [2.45, 2.75) is 63.7 Å². The van der Waals surface area contributed by atoms with E-state index in [-0.39, 0.29) is 56.9 Å². The van der Waals surface area contributed by atoms with Gasteiger partial charge in [0.15, 0.2) is 17.4 Å². The predicted molar refractivity (Wildman–Crippen MR) is 150 cm³/mol. The minimum Gasteiger partial charge on any atom is -0.472 e. The van der Waals surface area contributed by atoms with Gasteiger partial charge in [0.25, 0.3) is 5.56 Å². The highest BCUT2D eigenvalue weighted by Crippen LogP contribution is 2.49. The molecule has 2 saturated heterocycles. The van der Waals surface area contributed by atoms with Gasteiger partial charge in [-0.25, -0.2) is 18.7 Å². The molecule has 15 heteroatoms. The lowest BCUT2D eigenvalue weighted by Gasteiger charge is -2.46. The van der Waals surface area contributed by atoms with E-state index in [0.717, 1.165) is 25.1 Å². The molecule has 0 spiro atoms. The Morgan fingerprint density at radius 3 is 2.66 bits per heavy atom. The number of aryl methyl sites for hydroxylation is 1. The molecule has 2 fully saturated rings. The molecule has 7 rings (SSSR count). The van der Waals surface area contributed by atoms with E-state index in [4.69, 9.17) is 15.5 Å². The van der Waals surface area contributed by atoms with Crippen molar-refractivity contribution in [1.82, 2.24) is 25.3 Å². The minimum absolute atomic E-state index is 0.0167. The number of hydrogen-bond acceptors (Lipinski definition) is 9. The molecule has 4 aromatic rings. The maximum absolute atomic E-state index is 16.9. The van der Waals surface area contributed by atoms with Crippen molar-refractivity contribution in [2.24, 2.45) is 0 Å². The number of hydrogen-bond donors (Lipinski definition) is 3. The number of benzene rings is 1. The number of fused-ring (bicyclic) bond motifs is 5. The largest absolute Gasteiger partial charge is 0.573 e. The molecule has 0 aliphatic carbocycles. The molecule has 0 unspecified atom stereocenters. The molecule has 10 nitrogen and oxygen atoms in total. The lowest BCUT2D eigenvalue weighted by molar-refractivity contribution is -0.275. The average Bonchev–Trinajstić information content (AvgIpc) is 3.18. The number of aromatic nitrogens is 4. The third-order valence-corrected chi connectivity index (χ3v) is 8.61. The molecule has 6 heterocycles. The summed E-state index contributed by atoms with van der Waals surface area (Å²) in [5.74, 6) is -3.59. The number of nitrogens with two attached hydrogens (primary N) is 1. The van der Waals surface area contributed by atoms with Gasteiger partial charge in [0.1, 0.15) is 17.6 Å². The number of anilines is 2. The van der Waals surface area contributed by atoms with Gasteiger partial charge in [0, 0.05) is 35.3 Å². The fourth-order valence-electron chi connectivity index (χ4n) is 6.89. The highest BCUT2D eigenvalue weighted by Gasteiger charge is 2.51. The molecule has 4 N–H and O–H groups in total. The van der Waals surface area contributed by atoms with Gasteiger partial charge in [-0.2, -0.15) is 0 Å². The molecule has 0 radical (unpaired) electrons. The first-order valence-electron chi connectivity index (χ1n) is 13.9. The first kappa shape index (κ1) is 28.3. The summed E-state index contributed by atoms with van der Waals surface area (Å²) in [6, 6.07) is 1.30. The van der Waals surface area contributed by atoms with Crippen LogP contribution in [-0.4, -0.2) is 56.6 Å². The molecule has 44 heavy (non-hydrogen) atoms. The van der Waals surface area contributed by atoms with E-state index >= 15 is 4.39 Å². The molecule has 3 aromatic heterocycles. The van der Waals surface area contributed by atoms with Crippen LogP contribution in [0.3, 0.4) is 0 Å². The minimum atomic E-state index is -5.30. The van der Waals surface area contributed by atoms with Crippen LogP contribution in [0, 0.1) is 18.6 Å². The summed E-state index contributed by atoms with van der Waals surface area (Å²) in [7, 11) is 0. The smallest absolute Gasteiger partial charge is 0.472 e. The van der Waals surface area contributed by atoms with Crippen LogP contribution in [0.2, 0.25) is 0 Å². The highest BCUT2D eigenvalue weighted by atomic mass is 19.4. The third-order valence-electron chi connectivity index (χ3n) is 8.61. The predicted octanol–water partition coefficient (Wildman–Crippen LogP) is 4.59. The lowest BCUT2D eigenvalue weighted by atomic mass is 9.95. The van der Waals surface area contributed by atoms with Gasteiger partial charge < -0.3 is 30.4 Å². The fraction of sp³-hybridized carbons (Fsp3) is 0.379. The van der Waals surface area contributed by atoms with Crippen molar-refractivity contribution in [3.05, 3.63) is 52.1 Å². The van der Waals surface area contributed by atoms with E-state index in [2.05, 4.69) is 31.9 Å². The zero-order chi connectivity index (χ0) is 31.3. The number of alkyl halides is 3. The molecular formula is C29H26F5N7O3. The van der Waals surface area contributed by atoms with Gasteiger partial charge in [-0.3, -0.25) is 9.78 Å². The summed E-state index contributed by atoms with van der Waals surface area (Å²) in [5.41, 5.74) is 4.01. The number of H-pyrrole nitrogens is 1. The second kappa shape index (κ2) is 9.48. The summed E-state index contributed by atoms with van der Waals surface area (Å²) in [5, 5.41) is 3.77. The van der Waals surface area contributed by atoms with Gasteiger partial charge in [-0.05, 0) is 45.2 Å². The Balaban J connectivity index is 1.58. The number of pyridine rings is 2. The van der Waals surface area contributed by atoms with Gasteiger partial charge in [-0.1, -0.05) is 0 Å². The topological polar surface area (TPSA) is 131 Å². The van der Waals surface area contributed by atoms with Crippen LogP contribution in [0.1, 0.15) is 32.3 Å². The Hall–Kier alpha value is -4.53. The number of piperazine rings is 1. The van der Waals surface area contributed by atoms with Crippen LogP contribution in [0.15, 0.2) is 29.3 Å². The third kappa shape index (κ3) is 4.40. The maximum Gasteiger partial charge on any atom is 0.573 e. The number of nitrogens with zero attached hydrogens (tertiary/aromatic N) is 4. The maximum atomic E-state index is 16.9. The summed E-state index contributed by atoms with van der Waals surface area (Å²) < 4.78 is 82.4.